The minimum Gasteiger partial charge on any atom is -0.374 e. The fraction of sp³-hybridized carbons (Fsp3) is 0.455. The highest BCUT2D eigenvalue weighted by Crippen LogP contribution is 2.21. The third-order valence-corrected chi connectivity index (χ3v) is 5.09. The molecule has 6 nitrogen and oxygen atoms in total. The summed E-state index contributed by atoms with van der Waals surface area (Å²) in [5.74, 6) is -2.29. The summed E-state index contributed by atoms with van der Waals surface area (Å²) in [6.45, 7) is 5.70. The first-order valence-corrected chi connectivity index (χ1v) is 10.3. The van der Waals surface area contributed by atoms with Crippen molar-refractivity contribution >= 4 is 11.6 Å². The number of halogens is 3. The molecule has 1 heterocycles. The van der Waals surface area contributed by atoms with E-state index in [1.54, 1.807) is 31.5 Å². The van der Waals surface area contributed by atoms with Crippen LogP contribution in [0, 0.1) is 31.3 Å². The average Bonchev–Trinajstić information content (AvgIpc) is 2.73. The van der Waals surface area contributed by atoms with Crippen LogP contribution in [0.15, 0.2) is 24.4 Å². The lowest BCUT2D eigenvalue weighted by Crippen LogP contribution is -2.38. The summed E-state index contributed by atoms with van der Waals surface area (Å²) in [6.07, 6.45) is 3.30. The molecule has 0 unspecified atom stereocenters. The molecule has 0 radical (unpaired) electrons. The maximum atomic E-state index is 13.9. The summed E-state index contributed by atoms with van der Waals surface area (Å²) in [7, 11) is 0. The standard InChI is InChI=1S/C22H29F3N4O2/c1-4-18(21-17(24)11-15(23)12-27-21)26-8-6-5-7-19(22(30)29-31)28-16-9-13(2)20(25)14(3)10-16/h9-12,18-19,26,28,31H,4-8H2,1-3H3,(H,29,30)/t18-,19-/m1/s1. The van der Waals surface area contributed by atoms with Crippen molar-refractivity contribution in [2.45, 2.75) is 58.5 Å². The Morgan fingerprint density at radius 2 is 1.81 bits per heavy atom. The number of rotatable bonds is 11. The van der Waals surface area contributed by atoms with Crippen molar-refractivity contribution in [3.05, 3.63) is 58.7 Å². The smallest absolute Gasteiger partial charge is 0.265 e. The summed E-state index contributed by atoms with van der Waals surface area (Å²) >= 11 is 0. The Bertz CT molecular complexity index is 872. The third kappa shape index (κ3) is 6.93. The zero-order valence-electron chi connectivity index (χ0n) is 17.9. The largest absolute Gasteiger partial charge is 0.374 e. The van der Waals surface area contributed by atoms with Gasteiger partial charge in [-0.2, -0.15) is 0 Å². The fourth-order valence-corrected chi connectivity index (χ4v) is 3.44. The second kappa shape index (κ2) is 11.7. The van der Waals surface area contributed by atoms with Gasteiger partial charge in [-0.05, 0) is 69.3 Å². The molecule has 2 aromatic rings. The highest BCUT2D eigenvalue weighted by atomic mass is 19.1. The van der Waals surface area contributed by atoms with E-state index in [0.717, 1.165) is 12.3 Å². The van der Waals surface area contributed by atoms with Crippen molar-refractivity contribution in [3.63, 3.8) is 0 Å². The van der Waals surface area contributed by atoms with Gasteiger partial charge in [0, 0.05) is 11.8 Å². The van der Waals surface area contributed by atoms with E-state index in [-0.39, 0.29) is 17.6 Å². The second-order valence-electron chi connectivity index (χ2n) is 7.53. The van der Waals surface area contributed by atoms with E-state index in [1.165, 1.54) is 0 Å². The van der Waals surface area contributed by atoms with Crippen LogP contribution in [0.3, 0.4) is 0 Å². The van der Waals surface area contributed by atoms with Crippen LogP contribution in [0.5, 0.6) is 0 Å². The number of hydrogen-bond donors (Lipinski definition) is 4. The first-order chi connectivity index (χ1) is 14.8. The average molecular weight is 438 g/mol. The molecular formula is C22H29F3N4O2. The van der Waals surface area contributed by atoms with Gasteiger partial charge in [0.25, 0.3) is 5.91 Å². The van der Waals surface area contributed by atoms with Gasteiger partial charge >= 0.3 is 0 Å². The molecule has 0 fully saturated rings. The number of benzene rings is 1. The number of hydrogen-bond acceptors (Lipinski definition) is 5. The predicted octanol–water partition coefficient (Wildman–Crippen LogP) is 4.31. The number of aromatic nitrogens is 1. The monoisotopic (exact) mass is 438 g/mol. The van der Waals surface area contributed by atoms with Gasteiger partial charge in [-0.15, -0.1) is 0 Å². The van der Waals surface area contributed by atoms with Gasteiger partial charge in [-0.25, -0.2) is 18.7 Å². The topological polar surface area (TPSA) is 86.3 Å². The lowest BCUT2D eigenvalue weighted by Gasteiger charge is -2.20. The Hall–Kier alpha value is -2.65. The number of carbonyl (C=O) groups is 1. The Labute approximate surface area is 180 Å². The zero-order valence-corrected chi connectivity index (χ0v) is 17.9. The number of pyridine rings is 1. The summed E-state index contributed by atoms with van der Waals surface area (Å²) in [6, 6.07) is 2.98. The summed E-state index contributed by atoms with van der Waals surface area (Å²) in [4.78, 5) is 15.9. The number of aryl methyl sites for hydroxylation is 2. The number of nitrogens with one attached hydrogen (secondary N) is 3. The quantitative estimate of drug-likeness (QED) is 0.239. The summed E-state index contributed by atoms with van der Waals surface area (Å²) in [5, 5.41) is 15.3. The van der Waals surface area contributed by atoms with Gasteiger partial charge in [0.2, 0.25) is 0 Å². The minimum absolute atomic E-state index is 0.171. The molecule has 0 saturated heterocycles. The third-order valence-electron chi connectivity index (χ3n) is 5.09. The van der Waals surface area contributed by atoms with Crippen LogP contribution < -0.4 is 16.1 Å². The van der Waals surface area contributed by atoms with Crippen LogP contribution in [0.4, 0.5) is 18.9 Å². The summed E-state index contributed by atoms with van der Waals surface area (Å²) in [5.41, 5.74) is 3.34. The van der Waals surface area contributed by atoms with E-state index in [1.807, 2.05) is 6.92 Å². The van der Waals surface area contributed by atoms with Crippen molar-refractivity contribution in [2.75, 3.05) is 11.9 Å². The number of hydroxylamine groups is 1. The van der Waals surface area contributed by atoms with Crippen molar-refractivity contribution in [1.82, 2.24) is 15.8 Å². The molecule has 1 amide bonds. The molecule has 31 heavy (non-hydrogen) atoms. The van der Waals surface area contributed by atoms with E-state index in [4.69, 9.17) is 5.21 Å². The van der Waals surface area contributed by atoms with Gasteiger partial charge in [-0.1, -0.05) is 6.92 Å². The molecule has 0 aliphatic carbocycles. The second-order valence-corrected chi connectivity index (χ2v) is 7.53. The van der Waals surface area contributed by atoms with Crippen molar-refractivity contribution in [2.24, 2.45) is 0 Å². The SMILES string of the molecule is CC[C@@H](NCCCC[C@@H](Nc1cc(C)c(F)c(C)c1)C(=O)NO)c1ncc(F)cc1F. The lowest BCUT2D eigenvalue weighted by molar-refractivity contribution is -0.130. The highest BCUT2D eigenvalue weighted by molar-refractivity contribution is 5.83. The number of carbonyl (C=O) groups excluding carboxylic acids is 1. The number of nitrogens with zero attached hydrogens (tertiary/aromatic N) is 1. The van der Waals surface area contributed by atoms with Gasteiger partial charge in [0.05, 0.1) is 17.9 Å². The molecule has 4 N–H and O–H groups in total. The molecule has 170 valence electrons. The van der Waals surface area contributed by atoms with Gasteiger partial charge < -0.3 is 10.6 Å². The van der Waals surface area contributed by atoms with Crippen LogP contribution in [0.25, 0.3) is 0 Å². The van der Waals surface area contributed by atoms with E-state index < -0.39 is 23.6 Å². The Kier molecular flexibility index (Phi) is 9.26. The first kappa shape index (κ1) is 24.6. The predicted molar refractivity (Wildman–Crippen MR) is 112 cm³/mol. The molecule has 1 aromatic carbocycles. The Morgan fingerprint density at radius 1 is 1.13 bits per heavy atom. The van der Waals surface area contributed by atoms with E-state index in [9.17, 15) is 18.0 Å². The molecule has 0 saturated carbocycles. The minimum atomic E-state index is -0.719. The Balaban J connectivity index is 1.89. The Morgan fingerprint density at radius 3 is 2.39 bits per heavy atom. The van der Waals surface area contributed by atoms with Gasteiger partial charge in [0.15, 0.2) is 0 Å². The van der Waals surface area contributed by atoms with Gasteiger partial charge in [0.1, 0.15) is 23.5 Å². The van der Waals surface area contributed by atoms with Crippen LogP contribution in [-0.4, -0.2) is 28.7 Å². The van der Waals surface area contributed by atoms with Crippen LogP contribution in [-0.2, 0) is 4.79 Å². The highest BCUT2D eigenvalue weighted by Gasteiger charge is 2.19. The normalized spacial score (nSPS) is 13.0. The summed E-state index contributed by atoms with van der Waals surface area (Å²) < 4.78 is 40.8. The van der Waals surface area contributed by atoms with Crippen molar-refractivity contribution < 1.29 is 23.2 Å². The van der Waals surface area contributed by atoms with Crippen LogP contribution in [0.2, 0.25) is 0 Å². The number of amides is 1. The number of unbranched alkanes of at least 4 members (excludes halogenated alkanes) is 1. The van der Waals surface area contributed by atoms with Crippen LogP contribution in [0.1, 0.15) is 55.5 Å². The van der Waals surface area contributed by atoms with Crippen molar-refractivity contribution in [3.8, 4) is 0 Å². The van der Waals surface area contributed by atoms with Crippen LogP contribution >= 0.6 is 0 Å². The lowest BCUT2D eigenvalue weighted by atomic mass is 10.1. The maximum Gasteiger partial charge on any atom is 0.265 e. The van der Waals surface area contributed by atoms with Crippen molar-refractivity contribution in [1.29, 1.82) is 0 Å². The first-order valence-electron chi connectivity index (χ1n) is 10.3. The number of anilines is 1. The van der Waals surface area contributed by atoms with E-state index >= 15 is 0 Å². The molecule has 2 atom stereocenters. The molecule has 0 aliphatic heterocycles. The van der Waals surface area contributed by atoms with E-state index in [0.29, 0.717) is 49.0 Å². The fourth-order valence-electron chi connectivity index (χ4n) is 3.44. The maximum absolute atomic E-state index is 13.9. The molecule has 1 aromatic heterocycles. The molecule has 2 rings (SSSR count). The molecule has 9 heteroatoms. The molecule has 0 spiro atoms. The van der Waals surface area contributed by atoms with E-state index in [2.05, 4.69) is 15.6 Å². The zero-order chi connectivity index (χ0) is 23.0. The molecule has 0 aliphatic rings. The molecule has 0 bridgehead atoms. The molecular weight excluding hydrogens is 409 g/mol. The van der Waals surface area contributed by atoms with Gasteiger partial charge in [-0.3, -0.25) is 15.0 Å².